The van der Waals surface area contributed by atoms with Gasteiger partial charge in [0.1, 0.15) is 12.6 Å². The van der Waals surface area contributed by atoms with Crippen LogP contribution < -0.4 is 5.73 Å². The lowest BCUT2D eigenvalue weighted by atomic mass is 10.1. The number of carboxylic acid groups (broad SMARTS) is 1. The molecule has 12 nitrogen and oxygen atoms in total. The van der Waals surface area contributed by atoms with Crippen LogP contribution in [0.2, 0.25) is 0 Å². The Morgan fingerprint density at radius 1 is 0.679 bits per heavy atom. The van der Waals surface area contributed by atoms with Crippen molar-refractivity contribution in [2.75, 3.05) is 19.8 Å². The van der Waals surface area contributed by atoms with Crippen molar-refractivity contribution in [3.63, 3.8) is 0 Å². The van der Waals surface area contributed by atoms with E-state index in [1.54, 1.807) is 0 Å². The molecule has 1 aliphatic rings. The molecule has 1 aliphatic heterocycles. The summed E-state index contributed by atoms with van der Waals surface area (Å²) in [5, 5.41) is 8.87. The molecule has 0 aromatic rings. The Bertz CT molecular complexity index is 1070. The zero-order valence-corrected chi connectivity index (χ0v) is 33.7. The number of carbonyl (C=O) groups excluding carboxylic acids is 2. The number of hydrogen-bond acceptors (Lipinski definition) is 10. The smallest absolute Gasteiger partial charge is 0.472 e. The van der Waals surface area contributed by atoms with Crippen LogP contribution in [0.15, 0.2) is 24.3 Å². The van der Waals surface area contributed by atoms with E-state index < -0.39 is 51.1 Å². The second-order valence-corrected chi connectivity index (χ2v) is 15.6. The molecule has 1 rings (SSSR count). The number of allylic oxidation sites excluding steroid dienone is 3. The lowest BCUT2D eigenvalue weighted by Gasteiger charge is -2.20. The number of phosphoric ester groups is 1. The molecule has 4 N–H and O–H groups in total. The first-order chi connectivity index (χ1) is 25.6. The normalized spacial score (nSPS) is 17.9. The van der Waals surface area contributed by atoms with Crippen LogP contribution in [0.1, 0.15) is 168 Å². The third-order valence-corrected chi connectivity index (χ3v) is 10.0. The second kappa shape index (κ2) is 32.2. The Labute approximate surface area is 319 Å². The molecule has 0 aromatic heterocycles. The van der Waals surface area contributed by atoms with Gasteiger partial charge in [-0.1, -0.05) is 115 Å². The van der Waals surface area contributed by atoms with Crippen molar-refractivity contribution in [3.05, 3.63) is 24.3 Å². The van der Waals surface area contributed by atoms with Crippen molar-refractivity contribution in [1.29, 1.82) is 0 Å². The largest absolute Gasteiger partial charge is 0.480 e. The summed E-state index contributed by atoms with van der Waals surface area (Å²) in [7, 11) is -4.72. The van der Waals surface area contributed by atoms with E-state index in [-0.39, 0.29) is 19.4 Å². The highest BCUT2D eigenvalue weighted by atomic mass is 31.2. The van der Waals surface area contributed by atoms with E-state index >= 15 is 0 Å². The predicted octanol–water partition coefficient (Wildman–Crippen LogP) is 9.27. The molecule has 0 bridgehead atoms. The highest BCUT2D eigenvalue weighted by molar-refractivity contribution is 7.47. The van der Waals surface area contributed by atoms with E-state index in [4.69, 9.17) is 29.6 Å². The van der Waals surface area contributed by atoms with E-state index in [9.17, 15) is 23.8 Å². The van der Waals surface area contributed by atoms with Crippen LogP contribution >= 0.6 is 7.82 Å². The minimum atomic E-state index is -4.72. The van der Waals surface area contributed by atoms with Gasteiger partial charge in [-0.25, -0.2) is 4.57 Å². The average Bonchev–Trinajstić information content (AvgIpc) is 3.88. The van der Waals surface area contributed by atoms with E-state index in [1.165, 1.54) is 51.4 Å². The minimum Gasteiger partial charge on any atom is -0.480 e. The van der Waals surface area contributed by atoms with Gasteiger partial charge < -0.3 is 29.9 Å². The van der Waals surface area contributed by atoms with E-state index in [2.05, 4.69) is 42.7 Å². The second-order valence-electron chi connectivity index (χ2n) is 14.1. The maximum absolute atomic E-state index is 12.6. The molecule has 53 heavy (non-hydrogen) atoms. The van der Waals surface area contributed by atoms with Gasteiger partial charge in [0.15, 0.2) is 6.10 Å². The molecule has 1 saturated heterocycles. The van der Waals surface area contributed by atoms with Crippen molar-refractivity contribution >= 4 is 25.7 Å². The number of epoxide rings is 1. The van der Waals surface area contributed by atoms with Crippen LogP contribution in [0.4, 0.5) is 0 Å². The lowest BCUT2D eigenvalue weighted by molar-refractivity contribution is -0.161. The Balaban J connectivity index is 2.31. The first kappa shape index (κ1) is 48.9. The summed E-state index contributed by atoms with van der Waals surface area (Å²) in [6.07, 6.45) is 32.7. The maximum Gasteiger partial charge on any atom is 0.472 e. The number of ether oxygens (including phenoxy) is 3. The monoisotopic (exact) mass is 773 g/mol. The summed E-state index contributed by atoms with van der Waals surface area (Å²) in [5.41, 5.74) is 5.32. The highest BCUT2D eigenvalue weighted by Gasteiger charge is 2.36. The van der Waals surface area contributed by atoms with Crippen LogP contribution in [0.3, 0.4) is 0 Å². The predicted molar refractivity (Wildman–Crippen MR) is 207 cm³/mol. The van der Waals surface area contributed by atoms with Crippen LogP contribution in [-0.2, 0) is 42.2 Å². The standard InChI is InChI=1S/C40H72NO11P/c1-3-5-7-8-9-10-11-12-13-14-19-22-26-30-39(43)51-34(32-49-53(46,47)50-33-35(41)40(44)45)31-48-38(42)29-25-21-18-16-15-17-20-24-28-37-36(52-37)27-23-6-4-2/h10-11,20,24,34-37H,3-9,12-19,21-23,25-33,41H2,1-2H3,(H,44,45)(H,46,47)/b11-10-,24-20-/t34-,35+,36?,37?/m1/s1. The molecule has 1 fully saturated rings. The molecule has 13 heteroatoms. The molecule has 0 saturated carbocycles. The molecule has 5 atom stereocenters. The van der Waals surface area contributed by atoms with Crippen molar-refractivity contribution in [3.8, 4) is 0 Å². The molecule has 3 unspecified atom stereocenters. The summed E-state index contributed by atoms with van der Waals surface area (Å²) in [6, 6.07) is -1.53. The van der Waals surface area contributed by atoms with Crippen LogP contribution in [0, 0.1) is 0 Å². The molecule has 0 spiro atoms. The van der Waals surface area contributed by atoms with Gasteiger partial charge in [0.25, 0.3) is 0 Å². The van der Waals surface area contributed by atoms with Crippen LogP contribution in [0.5, 0.6) is 0 Å². The zero-order chi connectivity index (χ0) is 39.0. The summed E-state index contributed by atoms with van der Waals surface area (Å²) < 4.78 is 38.3. The SMILES string of the molecule is CCCCCC/C=C\CCCCCCCC(=O)O[C@H](COC(=O)CCCCCCC/C=C\CC1OC1CCCCC)COP(=O)(O)OC[C@H](N)C(=O)O. The fourth-order valence-corrected chi connectivity index (χ4v) is 6.49. The fourth-order valence-electron chi connectivity index (χ4n) is 5.71. The lowest BCUT2D eigenvalue weighted by Crippen LogP contribution is -2.34. The molecular weight excluding hydrogens is 701 g/mol. The number of rotatable bonds is 37. The van der Waals surface area contributed by atoms with Crippen molar-refractivity contribution in [2.24, 2.45) is 5.73 Å². The first-order valence-electron chi connectivity index (χ1n) is 20.5. The molecule has 0 aromatic carbocycles. The summed E-state index contributed by atoms with van der Waals surface area (Å²) in [6.45, 7) is 2.72. The van der Waals surface area contributed by atoms with E-state index in [0.717, 1.165) is 77.0 Å². The van der Waals surface area contributed by atoms with Gasteiger partial charge in [0, 0.05) is 12.8 Å². The van der Waals surface area contributed by atoms with Gasteiger partial charge in [0.2, 0.25) is 0 Å². The van der Waals surface area contributed by atoms with Crippen molar-refractivity contribution in [2.45, 2.75) is 192 Å². The number of nitrogens with two attached hydrogens (primary N) is 1. The Hall–Kier alpha value is -2.08. The molecule has 1 heterocycles. The number of hydrogen-bond donors (Lipinski definition) is 3. The number of esters is 2. The number of carboxylic acids is 1. The van der Waals surface area contributed by atoms with Crippen LogP contribution in [-0.4, -0.2) is 72.1 Å². The summed E-state index contributed by atoms with van der Waals surface area (Å²) >= 11 is 0. The molecule has 308 valence electrons. The number of phosphoric acid groups is 1. The molecule has 0 aliphatic carbocycles. The third kappa shape index (κ3) is 29.9. The van der Waals surface area contributed by atoms with Crippen LogP contribution in [0.25, 0.3) is 0 Å². The Morgan fingerprint density at radius 2 is 1.19 bits per heavy atom. The average molecular weight is 774 g/mol. The van der Waals surface area contributed by atoms with Crippen molar-refractivity contribution in [1.82, 2.24) is 0 Å². The number of carbonyl (C=O) groups is 3. The molecular formula is C40H72NO11P. The first-order valence-corrected chi connectivity index (χ1v) is 22.0. The fraction of sp³-hybridized carbons (Fsp3) is 0.825. The maximum atomic E-state index is 12.6. The van der Waals surface area contributed by atoms with Crippen molar-refractivity contribution < 1.29 is 52.2 Å². The topological polar surface area (TPSA) is 184 Å². The molecule has 0 radical (unpaired) electrons. The number of aliphatic carboxylic acids is 1. The van der Waals surface area contributed by atoms with Gasteiger partial charge in [0.05, 0.1) is 25.4 Å². The van der Waals surface area contributed by atoms with E-state index in [1.807, 2.05) is 0 Å². The Morgan fingerprint density at radius 3 is 1.79 bits per heavy atom. The zero-order valence-electron chi connectivity index (χ0n) is 32.8. The summed E-state index contributed by atoms with van der Waals surface area (Å²) in [5.74, 6) is -2.41. The molecule has 0 amide bonds. The van der Waals surface area contributed by atoms with Gasteiger partial charge in [-0.05, 0) is 64.2 Å². The minimum absolute atomic E-state index is 0.146. The summed E-state index contributed by atoms with van der Waals surface area (Å²) in [4.78, 5) is 45.8. The van der Waals surface area contributed by atoms with Gasteiger partial charge >= 0.3 is 25.7 Å². The number of unbranched alkanes of at least 4 members (excludes halogenated alkanes) is 16. The highest BCUT2D eigenvalue weighted by Crippen LogP contribution is 2.43. The Kier molecular flexibility index (Phi) is 29.7. The van der Waals surface area contributed by atoms with Gasteiger partial charge in [-0.3, -0.25) is 23.4 Å². The quantitative estimate of drug-likeness (QED) is 0.0179. The van der Waals surface area contributed by atoms with E-state index in [0.29, 0.717) is 25.0 Å². The third-order valence-electron chi connectivity index (χ3n) is 9.10. The van der Waals surface area contributed by atoms with Gasteiger partial charge in [-0.2, -0.15) is 0 Å². The van der Waals surface area contributed by atoms with Gasteiger partial charge in [-0.15, -0.1) is 0 Å².